The molecule has 8 rings (SSSR count). The summed E-state index contributed by atoms with van der Waals surface area (Å²) in [6.07, 6.45) is 2.32. The summed E-state index contributed by atoms with van der Waals surface area (Å²) in [5.74, 6) is 0. The van der Waals surface area contributed by atoms with Crippen LogP contribution in [0.5, 0.6) is 0 Å². The van der Waals surface area contributed by atoms with Crippen molar-refractivity contribution in [1.82, 2.24) is 4.40 Å². The highest BCUT2D eigenvalue weighted by Gasteiger charge is 2.32. The van der Waals surface area contributed by atoms with Crippen molar-refractivity contribution in [3.05, 3.63) is 146 Å². The molecule has 2 heteroatoms. The van der Waals surface area contributed by atoms with Gasteiger partial charge in [0.25, 0.3) is 5.65 Å². The Morgan fingerprint density at radius 3 is 1.30 bits per heavy atom. The number of aromatic nitrogens is 2. The zero-order valence-corrected chi connectivity index (χ0v) is 22.3. The van der Waals surface area contributed by atoms with Gasteiger partial charge >= 0.3 is 0 Å². The predicted molar refractivity (Wildman–Crippen MR) is 167 cm³/mol. The van der Waals surface area contributed by atoms with Gasteiger partial charge in [-0.2, -0.15) is 4.40 Å². The lowest BCUT2D eigenvalue weighted by Crippen LogP contribution is -2.26. The fraction of sp³-hybridized carbons (Fsp3) is 0.0263. The van der Waals surface area contributed by atoms with E-state index in [9.17, 15) is 0 Å². The average Bonchev–Trinajstić information content (AvgIpc) is 3.37. The van der Waals surface area contributed by atoms with Crippen LogP contribution >= 0.6 is 0 Å². The predicted octanol–water partition coefficient (Wildman–Crippen LogP) is 9.18. The smallest absolute Gasteiger partial charge is 0.232 e. The van der Waals surface area contributed by atoms with Gasteiger partial charge in [-0.15, -0.1) is 0 Å². The van der Waals surface area contributed by atoms with Crippen molar-refractivity contribution in [3.63, 3.8) is 0 Å². The summed E-state index contributed by atoms with van der Waals surface area (Å²) in [5.41, 5.74) is 13.6. The third-order valence-electron chi connectivity index (χ3n) is 8.13. The maximum Gasteiger partial charge on any atom is 0.295 e. The van der Waals surface area contributed by atoms with E-state index in [2.05, 4.69) is 162 Å². The van der Waals surface area contributed by atoms with E-state index in [1.165, 1.54) is 72.0 Å². The molecule has 0 aliphatic heterocycles. The summed E-state index contributed by atoms with van der Waals surface area (Å²) in [7, 11) is 2.19. The molecule has 3 aromatic heterocycles. The molecule has 0 radical (unpaired) electrons. The van der Waals surface area contributed by atoms with Crippen LogP contribution in [0.1, 0.15) is 0 Å². The lowest BCUT2D eigenvalue weighted by molar-refractivity contribution is -0.643. The fourth-order valence-electron chi connectivity index (χ4n) is 6.55. The van der Waals surface area contributed by atoms with Crippen LogP contribution in [0.25, 0.3) is 72.0 Å². The molecule has 40 heavy (non-hydrogen) atoms. The lowest BCUT2D eigenvalue weighted by atomic mass is 9.87. The third kappa shape index (κ3) is 3.26. The van der Waals surface area contributed by atoms with Gasteiger partial charge < -0.3 is 0 Å². The topological polar surface area (TPSA) is 8.29 Å². The molecule has 0 atom stereocenters. The Hall–Kier alpha value is -5.21. The number of benzene rings is 5. The summed E-state index contributed by atoms with van der Waals surface area (Å²) < 4.78 is 4.82. The van der Waals surface area contributed by atoms with Crippen LogP contribution in [0.15, 0.2) is 146 Å². The fourth-order valence-corrected chi connectivity index (χ4v) is 6.55. The van der Waals surface area contributed by atoms with Crippen LogP contribution in [0.2, 0.25) is 0 Å². The van der Waals surface area contributed by atoms with E-state index >= 15 is 0 Å². The van der Waals surface area contributed by atoms with Crippen molar-refractivity contribution in [1.29, 1.82) is 0 Å². The highest BCUT2D eigenvalue weighted by Crippen LogP contribution is 2.48. The largest absolute Gasteiger partial charge is 0.295 e. The summed E-state index contributed by atoms with van der Waals surface area (Å²) in [4.78, 5) is 0. The monoisotopic (exact) mass is 511 g/mol. The first-order valence-electron chi connectivity index (χ1n) is 13.8. The number of aryl methyl sites for hydroxylation is 1. The van der Waals surface area contributed by atoms with Crippen LogP contribution in [-0.2, 0) is 7.05 Å². The first-order chi connectivity index (χ1) is 19.8. The van der Waals surface area contributed by atoms with E-state index in [4.69, 9.17) is 0 Å². The van der Waals surface area contributed by atoms with Crippen LogP contribution in [-0.4, -0.2) is 4.40 Å². The van der Waals surface area contributed by atoms with Crippen LogP contribution in [0.4, 0.5) is 0 Å². The Morgan fingerprint density at radius 1 is 0.425 bits per heavy atom. The van der Waals surface area contributed by atoms with Gasteiger partial charge in [0, 0.05) is 27.5 Å². The van der Waals surface area contributed by atoms with Gasteiger partial charge in [0.05, 0.1) is 12.6 Å². The molecule has 0 N–H and O–H groups in total. The molecule has 0 aliphatic carbocycles. The zero-order chi connectivity index (χ0) is 26.6. The summed E-state index contributed by atoms with van der Waals surface area (Å²) in [5, 5.41) is 2.51. The number of pyridine rings is 2. The Balaban J connectivity index is 1.68. The van der Waals surface area contributed by atoms with E-state index in [0.717, 1.165) is 0 Å². The standard InChI is InChI=1S/C38H27N2/c1-39-25-32-35(28-19-10-4-11-20-28)33(26-15-6-2-7-16-26)30-23-14-24-31-34(27-17-8-3-9-18-27)36(29-21-12-5-13-22-29)38(39)40(32)37(30)31/h2-25H,1H3/q+1. The number of para-hydroxylation sites is 1. The summed E-state index contributed by atoms with van der Waals surface area (Å²) in [6, 6.07) is 50.2. The normalized spacial score (nSPS) is 11.6. The van der Waals surface area contributed by atoms with Crippen LogP contribution in [0.3, 0.4) is 0 Å². The molecule has 3 heterocycles. The van der Waals surface area contributed by atoms with E-state index in [1.807, 2.05) is 0 Å². The van der Waals surface area contributed by atoms with Crippen molar-refractivity contribution in [3.8, 4) is 44.5 Å². The van der Waals surface area contributed by atoms with Crippen molar-refractivity contribution in [2.75, 3.05) is 0 Å². The molecule has 0 spiro atoms. The molecule has 0 amide bonds. The van der Waals surface area contributed by atoms with Gasteiger partial charge in [0.1, 0.15) is 11.7 Å². The molecule has 0 fully saturated rings. The Kier molecular flexibility index (Phi) is 5.08. The Labute approximate surface area is 233 Å². The van der Waals surface area contributed by atoms with Crippen LogP contribution in [0, 0.1) is 0 Å². The minimum Gasteiger partial charge on any atom is -0.232 e. The van der Waals surface area contributed by atoms with Gasteiger partial charge in [-0.3, -0.25) is 0 Å². The highest BCUT2D eigenvalue weighted by molar-refractivity contribution is 6.19. The highest BCUT2D eigenvalue weighted by atomic mass is 15.1. The minimum atomic E-state index is 1.19. The number of imidazole rings is 1. The Bertz CT molecular complexity index is 2110. The number of nitrogens with zero attached hydrogens (tertiary/aromatic N) is 2. The second-order valence-corrected chi connectivity index (χ2v) is 10.5. The SMILES string of the molecule is C[n+]1cc2c(-c3ccccc3)c(-c3ccccc3)c3cccc4c(-c5ccccc5)c(-c5ccccc5)c1n2c34. The maximum atomic E-state index is 2.51. The first kappa shape index (κ1) is 22.7. The molecule has 0 saturated carbocycles. The summed E-state index contributed by atoms with van der Waals surface area (Å²) in [6.45, 7) is 0. The molecule has 0 bridgehead atoms. The molecular formula is C38H27N2+. The average molecular weight is 512 g/mol. The van der Waals surface area contributed by atoms with Crippen molar-refractivity contribution >= 4 is 27.5 Å². The maximum absolute atomic E-state index is 2.51. The van der Waals surface area contributed by atoms with Crippen LogP contribution < -0.4 is 4.57 Å². The van der Waals surface area contributed by atoms with E-state index in [0.29, 0.717) is 0 Å². The molecule has 0 unspecified atom stereocenters. The van der Waals surface area contributed by atoms with Crippen molar-refractivity contribution < 1.29 is 4.57 Å². The summed E-state index contributed by atoms with van der Waals surface area (Å²) >= 11 is 0. The van der Waals surface area contributed by atoms with E-state index in [-0.39, 0.29) is 0 Å². The van der Waals surface area contributed by atoms with Gasteiger partial charge in [-0.25, -0.2) is 4.57 Å². The molecule has 0 aliphatic rings. The van der Waals surface area contributed by atoms with Crippen molar-refractivity contribution in [2.45, 2.75) is 0 Å². The molecule has 2 nitrogen and oxygen atoms in total. The molecule has 8 aromatic rings. The molecular weight excluding hydrogens is 484 g/mol. The van der Waals surface area contributed by atoms with Gasteiger partial charge in [0.15, 0.2) is 5.52 Å². The van der Waals surface area contributed by atoms with E-state index < -0.39 is 0 Å². The van der Waals surface area contributed by atoms with Gasteiger partial charge in [0.2, 0.25) is 0 Å². The lowest BCUT2D eigenvalue weighted by Gasteiger charge is -2.19. The molecule has 5 aromatic carbocycles. The quantitative estimate of drug-likeness (QED) is 0.208. The molecule has 188 valence electrons. The number of hydrogen-bond acceptors (Lipinski definition) is 0. The minimum absolute atomic E-state index is 1.19. The second-order valence-electron chi connectivity index (χ2n) is 10.5. The molecule has 0 saturated heterocycles. The van der Waals surface area contributed by atoms with E-state index in [1.54, 1.807) is 0 Å². The van der Waals surface area contributed by atoms with Crippen molar-refractivity contribution in [2.24, 2.45) is 7.05 Å². The Morgan fingerprint density at radius 2 is 0.825 bits per heavy atom. The number of hydrogen-bond donors (Lipinski definition) is 0. The number of rotatable bonds is 4. The van der Waals surface area contributed by atoms with Gasteiger partial charge in [-0.1, -0.05) is 140 Å². The second kappa shape index (κ2) is 8.93. The van der Waals surface area contributed by atoms with Gasteiger partial charge in [-0.05, 0) is 22.3 Å². The first-order valence-corrected chi connectivity index (χ1v) is 13.8. The third-order valence-corrected chi connectivity index (χ3v) is 8.13. The zero-order valence-electron chi connectivity index (χ0n) is 22.3.